The van der Waals surface area contributed by atoms with Gasteiger partial charge in [-0.3, -0.25) is 9.59 Å². The van der Waals surface area contributed by atoms with E-state index in [-0.39, 0.29) is 18.2 Å². The van der Waals surface area contributed by atoms with Crippen molar-refractivity contribution in [1.29, 1.82) is 0 Å². The van der Waals surface area contributed by atoms with Crippen molar-refractivity contribution < 1.29 is 9.59 Å². The minimum Gasteiger partial charge on any atom is -0.351 e. The number of rotatable bonds is 6. The summed E-state index contributed by atoms with van der Waals surface area (Å²) in [6.07, 6.45) is 0.272. The van der Waals surface area contributed by atoms with Crippen LogP contribution in [0.2, 0.25) is 5.02 Å². The maximum absolute atomic E-state index is 12.0. The molecule has 1 aromatic carbocycles. The van der Waals surface area contributed by atoms with Crippen LogP contribution in [0.3, 0.4) is 0 Å². The number of carbonyl (C=O) groups is 2. The minimum atomic E-state index is -0.139. The average Bonchev–Trinajstić information content (AvgIpc) is 3.01. The molecule has 2 amide bonds. The molecule has 6 heteroatoms. The molecule has 0 saturated carbocycles. The zero-order valence-corrected chi connectivity index (χ0v) is 13.8. The molecule has 0 aliphatic rings. The van der Waals surface area contributed by atoms with Crippen LogP contribution in [0.5, 0.6) is 0 Å². The van der Waals surface area contributed by atoms with Crippen LogP contribution in [-0.2, 0) is 11.3 Å². The Morgan fingerprint density at radius 1 is 1.27 bits per heavy atom. The largest absolute Gasteiger partial charge is 0.351 e. The van der Waals surface area contributed by atoms with Gasteiger partial charge in [-0.1, -0.05) is 29.8 Å². The van der Waals surface area contributed by atoms with Gasteiger partial charge in [-0.2, -0.15) is 0 Å². The molecule has 0 aliphatic carbocycles. The number of benzene rings is 1. The van der Waals surface area contributed by atoms with E-state index >= 15 is 0 Å². The van der Waals surface area contributed by atoms with Crippen molar-refractivity contribution in [2.45, 2.75) is 13.0 Å². The molecule has 2 aromatic rings. The maximum Gasteiger partial charge on any atom is 0.261 e. The van der Waals surface area contributed by atoms with Crippen molar-refractivity contribution in [3.63, 3.8) is 0 Å². The van der Waals surface area contributed by atoms with Gasteiger partial charge in [0.1, 0.15) is 0 Å². The van der Waals surface area contributed by atoms with Gasteiger partial charge in [0.15, 0.2) is 0 Å². The highest BCUT2D eigenvalue weighted by Crippen LogP contribution is 2.12. The highest BCUT2D eigenvalue weighted by molar-refractivity contribution is 7.12. The van der Waals surface area contributed by atoms with Gasteiger partial charge >= 0.3 is 0 Å². The van der Waals surface area contributed by atoms with Crippen molar-refractivity contribution in [1.82, 2.24) is 10.2 Å². The predicted octanol–water partition coefficient (Wildman–Crippen LogP) is 3.18. The summed E-state index contributed by atoms with van der Waals surface area (Å²) in [6.45, 7) is 0.827. The van der Waals surface area contributed by atoms with Crippen molar-refractivity contribution in [3.8, 4) is 0 Å². The normalized spacial score (nSPS) is 10.3. The summed E-state index contributed by atoms with van der Waals surface area (Å²) in [4.78, 5) is 26.1. The van der Waals surface area contributed by atoms with Crippen LogP contribution in [0.1, 0.15) is 21.7 Å². The van der Waals surface area contributed by atoms with Crippen molar-refractivity contribution >= 4 is 34.8 Å². The molecule has 116 valence electrons. The van der Waals surface area contributed by atoms with Gasteiger partial charge < -0.3 is 10.2 Å². The van der Waals surface area contributed by atoms with Gasteiger partial charge in [-0.05, 0) is 29.1 Å². The second-order valence-electron chi connectivity index (χ2n) is 4.86. The number of halogens is 1. The quantitative estimate of drug-likeness (QED) is 0.880. The van der Waals surface area contributed by atoms with Crippen LogP contribution in [0.4, 0.5) is 0 Å². The van der Waals surface area contributed by atoms with E-state index in [1.54, 1.807) is 24.1 Å². The number of thiophene rings is 1. The highest BCUT2D eigenvalue weighted by Gasteiger charge is 2.11. The Bertz CT molecular complexity index is 643. The fourth-order valence-corrected chi connectivity index (χ4v) is 2.82. The Hall–Kier alpha value is -1.85. The molecule has 0 saturated heterocycles. The average molecular weight is 337 g/mol. The number of hydrogen-bond donors (Lipinski definition) is 1. The fraction of sp³-hybridized carbons (Fsp3) is 0.250. The van der Waals surface area contributed by atoms with E-state index in [4.69, 9.17) is 11.6 Å². The van der Waals surface area contributed by atoms with Crippen LogP contribution in [0, 0.1) is 0 Å². The molecule has 2 rings (SSSR count). The standard InChI is InChI=1S/C16H17ClN2O2S/c1-19(11-12-4-2-5-13(17)10-12)15(20)7-8-18-16(21)14-6-3-9-22-14/h2-6,9-10H,7-8,11H2,1H3,(H,18,21). The van der Waals surface area contributed by atoms with Crippen LogP contribution < -0.4 is 5.32 Å². The second kappa shape index (κ2) is 7.96. The molecule has 1 heterocycles. The van der Waals surface area contributed by atoms with E-state index in [1.807, 2.05) is 29.6 Å². The number of amides is 2. The lowest BCUT2D eigenvalue weighted by molar-refractivity contribution is -0.130. The third-order valence-corrected chi connectivity index (χ3v) is 4.21. The molecule has 1 aromatic heterocycles. The lowest BCUT2D eigenvalue weighted by Gasteiger charge is -2.17. The van der Waals surface area contributed by atoms with E-state index in [2.05, 4.69) is 5.32 Å². The van der Waals surface area contributed by atoms with Crippen molar-refractivity contribution in [2.24, 2.45) is 0 Å². The minimum absolute atomic E-state index is 0.0218. The number of nitrogens with one attached hydrogen (secondary N) is 1. The van der Waals surface area contributed by atoms with Crippen LogP contribution >= 0.6 is 22.9 Å². The molecule has 1 N–H and O–H groups in total. The smallest absolute Gasteiger partial charge is 0.261 e. The molecule has 0 aliphatic heterocycles. The van der Waals surface area contributed by atoms with Gasteiger partial charge in [0, 0.05) is 31.6 Å². The summed E-state index contributed by atoms with van der Waals surface area (Å²) >= 11 is 7.30. The van der Waals surface area contributed by atoms with Crippen LogP contribution in [0.15, 0.2) is 41.8 Å². The molecule has 0 spiro atoms. The zero-order chi connectivity index (χ0) is 15.9. The molecule has 0 fully saturated rings. The van der Waals surface area contributed by atoms with Gasteiger partial charge in [0.25, 0.3) is 5.91 Å². The van der Waals surface area contributed by atoms with E-state index < -0.39 is 0 Å². The number of hydrogen-bond acceptors (Lipinski definition) is 3. The van der Waals surface area contributed by atoms with Crippen molar-refractivity contribution in [2.75, 3.05) is 13.6 Å². The molecule has 4 nitrogen and oxygen atoms in total. The Morgan fingerprint density at radius 3 is 2.77 bits per heavy atom. The topological polar surface area (TPSA) is 49.4 Å². The van der Waals surface area contributed by atoms with Gasteiger partial charge in [0.05, 0.1) is 4.88 Å². The molecule has 0 atom stereocenters. The van der Waals surface area contributed by atoms with Gasteiger partial charge in [-0.25, -0.2) is 0 Å². The lowest BCUT2D eigenvalue weighted by atomic mass is 10.2. The maximum atomic E-state index is 12.0. The summed E-state index contributed by atoms with van der Waals surface area (Å²) in [5.41, 5.74) is 0.978. The van der Waals surface area contributed by atoms with Crippen molar-refractivity contribution in [3.05, 3.63) is 57.2 Å². The Kier molecular flexibility index (Phi) is 5.98. The number of nitrogens with zero attached hydrogens (tertiary/aromatic N) is 1. The number of carbonyl (C=O) groups excluding carboxylic acids is 2. The van der Waals surface area contributed by atoms with Crippen LogP contribution in [-0.4, -0.2) is 30.3 Å². The molecule has 0 radical (unpaired) electrons. The summed E-state index contributed by atoms with van der Waals surface area (Å²) < 4.78 is 0. The second-order valence-corrected chi connectivity index (χ2v) is 6.25. The van der Waals surface area contributed by atoms with E-state index in [9.17, 15) is 9.59 Å². The fourth-order valence-electron chi connectivity index (χ4n) is 1.97. The highest BCUT2D eigenvalue weighted by atomic mass is 35.5. The van der Waals surface area contributed by atoms with E-state index in [1.165, 1.54) is 11.3 Å². The third-order valence-electron chi connectivity index (χ3n) is 3.10. The molecule has 0 bridgehead atoms. The molecule has 0 unspecified atom stereocenters. The Balaban J connectivity index is 1.76. The monoisotopic (exact) mass is 336 g/mol. The van der Waals surface area contributed by atoms with Crippen LogP contribution in [0.25, 0.3) is 0 Å². The van der Waals surface area contributed by atoms with E-state index in [0.29, 0.717) is 23.0 Å². The first-order chi connectivity index (χ1) is 10.6. The Labute approximate surface area is 138 Å². The first kappa shape index (κ1) is 16.5. The lowest BCUT2D eigenvalue weighted by Crippen LogP contribution is -2.31. The third kappa shape index (κ3) is 4.86. The van der Waals surface area contributed by atoms with E-state index in [0.717, 1.165) is 5.56 Å². The zero-order valence-electron chi connectivity index (χ0n) is 12.2. The summed E-state index contributed by atoms with van der Waals surface area (Å²) in [6, 6.07) is 11.0. The molecule has 22 heavy (non-hydrogen) atoms. The van der Waals surface area contributed by atoms with Gasteiger partial charge in [-0.15, -0.1) is 11.3 Å². The first-order valence-corrected chi connectivity index (χ1v) is 8.12. The molecular formula is C16H17ClN2O2S. The summed E-state index contributed by atoms with van der Waals surface area (Å²) in [7, 11) is 1.74. The summed E-state index contributed by atoms with van der Waals surface area (Å²) in [5.74, 6) is -0.160. The molecular weight excluding hydrogens is 320 g/mol. The summed E-state index contributed by atoms with van der Waals surface area (Å²) in [5, 5.41) is 5.25. The SMILES string of the molecule is CN(Cc1cccc(Cl)c1)C(=O)CCNC(=O)c1cccs1. The predicted molar refractivity (Wildman–Crippen MR) is 89.2 cm³/mol. The van der Waals surface area contributed by atoms with Gasteiger partial charge in [0.2, 0.25) is 5.91 Å². The first-order valence-electron chi connectivity index (χ1n) is 6.86. The Morgan fingerprint density at radius 2 is 2.09 bits per heavy atom.